The zero-order valence-corrected chi connectivity index (χ0v) is 15.5. The monoisotopic (exact) mass is 343 g/mol. The highest BCUT2D eigenvalue weighted by Crippen LogP contribution is 2.28. The minimum Gasteiger partial charge on any atom is -0.388 e. The van der Waals surface area contributed by atoms with E-state index in [1.807, 2.05) is 0 Å². The predicted molar refractivity (Wildman–Crippen MR) is 98.3 cm³/mol. The van der Waals surface area contributed by atoms with Gasteiger partial charge < -0.3 is 20.5 Å². The first-order valence-corrected chi connectivity index (χ1v) is 10.2. The topological polar surface area (TPSA) is 65.9 Å². The SMILES string of the molecule is CCNC(=NCC1(O)CCOCC1)NC1CCCC(SCC)C1. The summed E-state index contributed by atoms with van der Waals surface area (Å²) >= 11 is 2.08. The van der Waals surface area contributed by atoms with Crippen molar-refractivity contribution in [3.63, 3.8) is 0 Å². The number of nitrogens with one attached hydrogen (secondary N) is 2. The van der Waals surface area contributed by atoms with Crippen LogP contribution in [0.1, 0.15) is 52.4 Å². The minimum absolute atomic E-state index is 0.450. The second kappa shape index (κ2) is 9.74. The Balaban J connectivity index is 1.88. The summed E-state index contributed by atoms with van der Waals surface area (Å²) in [4.78, 5) is 4.66. The van der Waals surface area contributed by atoms with Gasteiger partial charge in [0.1, 0.15) is 0 Å². The number of guanidine groups is 1. The van der Waals surface area contributed by atoms with Gasteiger partial charge >= 0.3 is 0 Å². The molecule has 1 saturated heterocycles. The summed E-state index contributed by atoms with van der Waals surface area (Å²) in [6.07, 6.45) is 6.40. The molecule has 23 heavy (non-hydrogen) atoms. The smallest absolute Gasteiger partial charge is 0.191 e. The van der Waals surface area contributed by atoms with Gasteiger partial charge in [0.25, 0.3) is 0 Å². The molecule has 2 aliphatic rings. The summed E-state index contributed by atoms with van der Waals surface area (Å²) in [5, 5.41) is 18.2. The summed E-state index contributed by atoms with van der Waals surface area (Å²) in [6, 6.07) is 0.495. The highest BCUT2D eigenvalue weighted by Gasteiger charge is 2.30. The van der Waals surface area contributed by atoms with Gasteiger partial charge in [0.05, 0.1) is 12.1 Å². The molecule has 5 nitrogen and oxygen atoms in total. The molecule has 134 valence electrons. The Hall–Kier alpha value is -0.460. The van der Waals surface area contributed by atoms with Crippen molar-refractivity contribution in [2.45, 2.75) is 69.3 Å². The van der Waals surface area contributed by atoms with Crippen LogP contribution in [-0.2, 0) is 4.74 Å². The molecule has 1 aliphatic heterocycles. The van der Waals surface area contributed by atoms with E-state index in [2.05, 4.69) is 41.2 Å². The molecule has 2 atom stereocenters. The quantitative estimate of drug-likeness (QED) is 0.509. The predicted octanol–water partition coefficient (Wildman–Crippen LogP) is 2.15. The standard InChI is InChI=1S/C17H33N3O2S/c1-3-18-16(19-13-17(21)8-10-22-11-9-17)20-14-6-5-7-15(12-14)23-4-2/h14-15,21H,3-13H2,1-2H3,(H2,18,19,20). The van der Waals surface area contributed by atoms with E-state index >= 15 is 0 Å². The Bertz CT molecular complexity index is 371. The average molecular weight is 344 g/mol. The zero-order valence-electron chi connectivity index (χ0n) is 14.6. The van der Waals surface area contributed by atoms with Gasteiger partial charge in [0.2, 0.25) is 0 Å². The number of aliphatic hydroxyl groups is 1. The third-order valence-electron chi connectivity index (χ3n) is 4.67. The van der Waals surface area contributed by atoms with Crippen LogP contribution < -0.4 is 10.6 Å². The number of ether oxygens (including phenoxy) is 1. The summed E-state index contributed by atoms with van der Waals surface area (Å²) in [5.41, 5.74) is -0.701. The van der Waals surface area contributed by atoms with E-state index in [1.165, 1.54) is 31.4 Å². The lowest BCUT2D eigenvalue weighted by molar-refractivity contribution is -0.0566. The fraction of sp³-hybridized carbons (Fsp3) is 0.941. The number of aliphatic imine (C=N–C) groups is 1. The van der Waals surface area contributed by atoms with E-state index in [0.717, 1.165) is 17.8 Å². The molecule has 0 bridgehead atoms. The molecule has 1 heterocycles. The molecule has 2 unspecified atom stereocenters. The molecule has 1 aliphatic carbocycles. The molecular weight excluding hydrogens is 310 g/mol. The van der Waals surface area contributed by atoms with Crippen LogP contribution in [0.25, 0.3) is 0 Å². The van der Waals surface area contributed by atoms with Crippen molar-refractivity contribution in [3.05, 3.63) is 0 Å². The average Bonchev–Trinajstić information content (AvgIpc) is 2.54. The van der Waals surface area contributed by atoms with E-state index in [1.54, 1.807) is 0 Å². The fourth-order valence-corrected chi connectivity index (χ4v) is 4.49. The van der Waals surface area contributed by atoms with E-state index < -0.39 is 5.60 Å². The lowest BCUT2D eigenvalue weighted by atomic mass is 9.94. The van der Waals surface area contributed by atoms with Crippen molar-refractivity contribution in [1.82, 2.24) is 10.6 Å². The van der Waals surface area contributed by atoms with Gasteiger partial charge in [0.15, 0.2) is 5.96 Å². The number of thioether (sulfide) groups is 1. The number of nitrogens with zero attached hydrogens (tertiary/aromatic N) is 1. The molecule has 3 N–H and O–H groups in total. The lowest BCUT2D eigenvalue weighted by Crippen LogP contribution is -2.47. The van der Waals surface area contributed by atoms with Crippen LogP contribution >= 0.6 is 11.8 Å². The highest BCUT2D eigenvalue weighted by molar-refractivity contribution is 7.99. The second-order valence-electron chi connectivity index (χ2n) is 6.62. The largest absolute Gasteiger partial charge is 0.388 e. The minimum atomic E-state index is -0.701. The summed E-state index contributed by atoms with van der Waals surface area (Å²) in [6.45, 7) is 6.88. The van der Waals surface area contributed by atoms with Crippen LogP contribution in [0, 0.1) is 0 Å². The first kappa shape index (κ1) is 18.9. The van der Waals surface area contributed by atoms with Crippen LogP contribution in [0.4, 0.5) is 0 Å². The van der Waals surface area contributed by atoms with Crippen molar-refractivity contribution >= 4 is 17.7 Å². The summed E-state index contributed by atoms with van der Waals surface area (Å²) < 4.78 is 5.33. The van der Waals surface area contributed by atoms with Crippen LogP contribution in [0.2, 0.25) is 0 Å². The molecule has 0 radical (unpaired) electrons. The second-order valence-corrected chi connectivity index (χ2v) is 8.19. The Labute approximate surface area is 145 Å². The van der Waals surface area contributed by atoms with Gasteiger partial charge in [-0.1, -0.05) is 13.3 Å². The fourth-order valence-electron chi connectivity index (χ4n) is 3.31. The number of hydrogen-bond acceptors (Lipinski definition) is 4. The summed E-state index contributed by atoms with van der Waals surface area (Å²) in [7, 11) is 0. The molecule has 0 aromatic rings. The van der Waals surface area contributed by atoms with Gasteiger partial charge in [-0.3, -0.25) is 4.99 Å². The third kappa shape index (κ3) is 6.51. The first-order valence-electron chi connectivity index (χ1n) is 9.12. The van der Waals surface area contributed by atoms with Gasteiger partial charge in [-0.25, -0.2) is 0 Å². The molecule has 0 spiro atoms. The maximum atomic E-state index is 10.6. The van der Waals surface area contributed by atoms with Crippen LogP contribution in [-0.4, -0.2) is 60.0 Å². The van der Waals surface area contributed by atoms with Crippen molar-refractivity contribution < 1.29 is 9.84 Å². The van der Waals surface area contributed by atoms with Gasteiger partial charge in [-0.15, -0.1) is 0 Å². The van der Waals surface area contributed by atoms with E-state index in [4.69, 9.17) is 4.74 Å². The number of hydrogen-bond donors (Lipinski definition) is 3. The van der Waals surface area contributed by atoms with Gasteiger partial charge in [-0.05, 0) is 31.9 Å². The molecular formula is C17H33N3O2S. The van der Waals surface area contributed by atoms with Crippen LogP contribution in [0.15, 0.2) is 4.99 Å². The maximum absolute atomic E-state index is 10.6. The van der Waals surface area contributed by atoms with E-state index in [0.29, 0.717) is 38.6 Å². The lowest BCUT2D eigenvalue weighted by Gasteiger charge is -2.32. The Kier molecular flexibility index (Phi) is 7.99. The zero-order chi connectivity index (χ0) is 16.5. The maximum Gasteiger partial charge on any atom is 0.191 e. The Morgan fingerprint density at radius 3 is 2.78 bits per heavy atom. The van der Waals surface area contributed by atoms with E-state index in [-0.39, 0.29) is 0 Å². The Morgan fingerprint density at radius 2 is 2.09 bits per heavy atom. The molecule has 2 rings (SSSR count). The van der Waals surface area contributed by atoms with Crippen molar-refractivity contribution in [3.8, 4) is 0 Å². The van der Waals surface area contributed by atoms with Crippen molar-refractivity contribution in [2.75, 3.05) is 32.1 Å². The normalized spacial score (nSPS) is 28.4. The first-order chi connectivity index (χ1) is 11.1. The van der Waals surface area contributed by atoms with E-state index in [9.17, 15) is 5.11 Å². The highest BCUT2D eigenvalue weighted by atomic mass is 32.2. The Morgan fingerprint density at radius 1 is 1.30 bits per heavy atom. The molecule has 6 heteroatoms. The molecule has 0 aromatic heterocycles. The third-order valence-corrected chi connectivity index (χ3v) is 5.90. The molecule has 2 fully saturated rings. The van der Waals surface area contributed by atoms with Gasteiger partial charge in [0, 0.05) is 43.9 Å². The molecule has 0 aromatic carbocycles. The van der Waals surface area contributed by atoms with Crippen LogP contribution in [0.5, 0.6) is 0 Å². The molecule has 1 saturated carbocycles. The summed E-state index contributed by atoms with van der Waals surface area (Å²) in [5.74, 6) is 2.04. The molecule has 0 amide bonds. The number of rotatable bonds is 6. The van der Waals surface area contributed by atoms with Crippen molar-refractivity contribution in [1.29, 1.82) is 0 Å². The van der Waals surface area contributed by atoms with Crippen LogP contribution in [0.3, 0.4) is 0 Å². The van der Waals surface area contributed by atoms with Crippen molar-refractivity contribution in [2.24, 2.45) is 4.99 Å². The van der Waals surface area contributed by atoms with Gasteiger partial charge in [-0.2, -0.15) is 11.8 Å².